The summed E-state index contributed by atoms with van der Waals surface area (Å²) in [6, 6.07) is 1.43. The van der Waals surface area contributed by atoms with Crippen molar-refractivity contribution < 1.29 is 32.0 Å². The molecular weight excluding hydrogens is 370 g/mol. The lowest BCUT2D eigenvalue weighted by atomic mass is 9.49. The smallest absolute Gasteiger partial charge is 0.331 e. The Hall–Kier alpha value is -2.36. The van der Waals surface area contributed by atoms with Crippen LogP contribution in [0.5, 0.6) is 0 Å². The molecule has 10 heteroatoms. The van der Waals surface area contributed by atoms with Crippen LogP contribution >= 0.6 is 0 Å². The molecule has 148 valence electrons. The maximum absolute atomic E-state index is 14.1. The molecule has 3 aliphatic rings. The molecule has 27 heavy (non-hydrogen) atoms. The number of urea groups is 1. The van der Waals surface area contributed by atoms with Crippen LogP contribution in [-0.2, 0) is 22.4 Å². The van der Waals surface area contributed by atoms with E-state index in [1.165, 1.54) is 12.0 Å². The fourth-order valence-electron chi connectivity index (χ4n) is 3.71. The van der Waals surface area contributed by atoms with Crippen LogP contribution in [0, 0.1) is 11.7 Å². The first-order chi connectivity index (χ1) is 12.6. The number of benzene rings is 1. The summed E-state index contributed by atoms with van der Waals surface area (Å²) in [6.45, 7) is -0.656. The summed E-state index contributed by atoms with van der Waals surface area (Å²) < 4.78 is 52.9. The van der Waals surface area contributed by atoms with E-state index >= 15 is 0 Å². The number of amides is 3. The predicted octanol–water partition coefficient (Wildman–Crippen LogP) is 2.59. The number of hydrogen-bond acceptors (Lipinski definition) is 3. The third-order valence-electron chi connectivity index (χ3n) is 5.18. The second kappa shape index (κ2) is 6.99. The van der Waals surface area contributed by atoms with Gasteiger partial charge in [-0.3, -0.25) is 9.63 Å². The number of hydrogen-bond donors (Lipinski definition) is 2. The van der Waals surface area contributed by atoms with E-state index in [1.54, 1.807) is 0 Å². The van der Waals surface area contributed by atoms with Gasteiger partial charge in [0.25, 0.3) is 0 Å². The van der Waals surface area contributed by atoms with Gasteiger partial charge < -0.3 is 10.2 Å². The summed E-state index contributed by atoms with van der Waals surface area (Å²) >= 11 is 0. The van der Waals surface area contributed by atoms with Gasteiger partial charge >= 0.3 is 12.2 Å². The normalized spacial score (nSPS) is 23.1. The monoisotopic (exact) mass is 389 g/mol. The number of nitrogens with zero attached hydrogens (tertiary/aromatic N) is 1. The predicted molar refractivity (Wildman–Crippen MR) is 85.6 cm³/mol. The first-order valence-corrected chi connectivity index (χ1v) is 8.37. The lowest BCUT2D eigenvalue weighted by molar-refractivity contribution is -0.173. The highest BCUT2D eigenvalue weighted by Crippen LogP contribution is 2.60. The van der Waals surface area contributed by atoms with Gasteiger partial charge in [-0.15, -0.1) is 0 Å². The zero-order chi connectivity index (χ0) is 19.8. The number of alkyl halides is 3. The number of rotatable bonds is 6. The first kappa shape index (κ1) is 19.4. The van der Waals surface area contributed by atoms with Crippen LogP contribution in [0.15, 0.2) is 18.2 Å². The fourth-order valence-corrected chi connectivity index (χ4v) is 3.71. The zero-order valence-electron chi connectivity index (χ0n) is 14.5. The van der Waals surface area contributed by atoms with Crippen molar-refractivity contribution in [3.05, 3.63) is 35.1 Å². The van der Waals surface area contributed by atoms with Crippen molar-refractivity contribution in [1.29, 1.82) is 0 Å². The SMILES string of the molecule is CONC(=O)NCC(=O)N(Cc1cc(C(F)(F)F)ccc1F)C12CC(C1)C2. The quantitative estimate of drug-likeness (QED) is 0.580. The van der Waals surface area contributed by atoms with Crippen LogP contribution in [0.1, 0.15) is 30.4 Å². The van der Waals surface area contributed by atoms with Crippen LogP contribution < -0.4 is 10.8 Å². The maximum atomic E-state index is 14.1. The number of carbonyl (C=O) groups excluding carboxylic acids is 2. The Morgan fingerprint density at radius 2 is 1.96 bits per heavy atom. The highest BCUT2D eigenvalue weighted by molar-refractivity contribution is 5.84. The zero-order valence-corrected chi connectivity index (χ0v) is 14.5. The van der Waals surface area contributed by atoms with E-state index in [-0.39, 0.29) is 18.7 Å². The molecule has 6 nitrogen and oxygen atoms in total. The molecule has 3 aliphatic carbocycles. The van der Waals surface area contributed by atoms with E-state index in [4.69, 9.17) is 0 Å². The van der Waals surface area contributed by atoms with Crippen molar-refractivity contribution >= 4 is 11.9 Å². The average molecular weight is 389 g/mol. The molecule has 2 N–H and O–H groups in total. The van der Waals surface area contributed by atoms with Crippen molar-refractivity contribution in [1.82, 2.24) is 15.7 Å². The molecule has 4 rings (SSSR count). The van der Waals surface area contributed by atoms with Crippen LogP contribution in [0.4, 0.5) is 22.4 Å². The van der Waals surface area contributed by atoms with Crippen molar-refractivity contribution in [2.45, 2.75) is 37.5 Å². The summed E-state index contributed by atoms with van der Waals surface area (Å²) in [6.07, 6.45) is -2.38. The largest absolute Gasteiger partial charge is 0.416 e. The molecule has 3 saturated carbocycles. The molecule has 0 aliphatic heterocycles. The summed E-state index contributed by atoms with van der Waals surface area (Å²) in [4.78, 5) is 29.8. The topological polar surface area (TPSA) is 70.7 Å². The van der Waals surface area contributed by atoms with Gasteiger partial charge in [0.15, 0.2) is 0 Å². The molecule has 0 radical (unpaired) electrons. The molecule has 2 bridgehead atoms. The molecule has 1 aromatic rings. The summed E-state index contributed by atoms with van der Waals surface area (Å²) in [5, 5.41) is 2.30. The van der Waals surface area contributed by atoms with Gasteiger partial charge in [0, 0.05) is 17.6 Å². The molecule has 0 heterocycles. The Balaban J connectivity index is 1.77. The van der Waals surface area contributed by atoms with E-state index in [0.29, 0.717) is 12.0 Å². The van der Waals surface area contributed by atoms with Gasteiger partial charge in [-0.05, 0) is 43.4 Å². The van der Waals surface area contributed by atoms with Gasteiger partial charge in [-0.1, -0.05) is 0 Å². The van der Waals surface area contributed by atoms with Crippen LogP contribution in [-0.4, -0.2) is 36.0 Å². The van der Waals surface area contributed by atoms with Gasteiger partial charge in [0.2, 0.25) is 5.91 Å². The van der Waals surface area contributed by atoms with Crippen molar-refractivity contribution in [2.75, 3.05) is 13.7 Å². The molecule has 0 spiro atoms. The third-order valence-corrected chi connectivity index (χ3v) is 5.18. The molecule has 1 aromatic carbocycles. The molecule has 3 fully saturated rings. The second-order valence-corrected chi connectivity index (χ2v) is 6.98. The number of carbonyl (C=O) groups is 2. The van der Waals surface area contributed by atoms with E-state index in [1.807, 2.05) is 5.48 Å². The number of hydroxylamine groups is 1. The molecule has 0 atom stereocenters. The minimum Gasteiger partial charge on any atom is -0.331 e. The van der Waals surface area contributed by atoms with E-state index in [9.17, 15) is 27.2 Å². The Labute approximate surface area is 152 Å². The van der Waals surface area contributed by atoms with Crippen LogP contribution in [0.25, 0.3) is 0 Å². The third kappa shape index (κ3) is 3.85. The van der Waals surface area contributed by atoms with E-state index < -0.39 is 35.0 Å². The summed E-state index contributed by atoms with van der Waals surface area (Å²) in [5.41, 5.74) is 0.362. The highest BCUT2D eigenvalue weighted by atomic mass is 19.4. The lowest BCUT2D eigenvalue weighted by Crippen LogP contribution is -2.70. The van der Waals surface area contributed by atoms with Gasteiger partial charge in [-0.25, -0.2) is 14.7 Å². The molecule has 3 amide bonds. The number of nitrogens with one attached hydrogen (secondary N) is 2. The van der Waals surface area contributed by atoms with Crippen molar-refractivity contribution in [3.63, 3.8) is 0 Å². The number of halogens is 4. The molecule has 0 saturated heterocycles. The van der Waals surface area contributed by atoms with Crippen LogP contribution in [0.2, 0.25) is 0 Å². The Morgan fingerprint density at radius 3 is 2.48 bits per heavy atom. The molecule has 0 unspecified atom stereocenters. The van der Waals surface area contributed by atoms with Gasteiger partial charge in [0.1, 0.15) is 5.82 Å². The average Bonchev–Trinajstić information content (AvgIpc) is 2.50. The second-order valence-electron chi connectivity index (χ2n) is 6.98. The minimum absolute atomic E-state index is 0.204. The Kier molecular flexibility index (Phi) is 5.02. The fraction of sp³-hybridized carbons (Fsp3) is 0.529. The van der Waals surface area contributed by atoms with Gasteiger partial charge in [0.05, 0.1) is 19.2 Å². The van der Waals surface area contributed by atoms with Crippen molar-refractivity contribution in [2.24, 2.45) is 5.92 Å². The van der Waals surface area contributed by atoms with Crippen LogP contribution in [0.3, 0.4) is 0 Å². The standard InChI is InChI=1S/C17H19F4N3O3/c1-27-23-15(26)22-8-14(25)24(16-5-10(6-16)7-16)9-11-4-12(17(19,20)21)2-3-13(11)18/h2-4,10H,5-9H2,1H3,(H2,22,23,26). The highest BCUT2D eigenvalue weighted by Gasteiger charge is 2.61. The minimum atomic E-state index is -4.60. The maximum Gasteiger partial charge on any atom is 0.416 e. The van der Waals surface area contributed by atoms with Crippen molar-refractivity contribution in [3.8, 4) is 0 Å². The summed E-state index contributed by atoms with van der Waals surface area (Å²) in [5.74, 6) is -0.801. The Morgan fingerprint density at radius 1 is 1.30 bits per heavy atom. The Bertz CT molecular complexity index is 736. The van der Waals surface area contributed by atoms with E-state index in [2.05, 4.69) is 10.2 Å². The lowest BCUT2D eigenvalue weighted by Gasteiger charge is -2.66. The first-order valence-electron chi connectivity index (χ1n) is 8.37. The molecular formula is C17H19F4N3O3. The molecule has 0 aromatic heterocycles. The van der Waals surface area contributed by atoms with E-state index in [0.717, 1.165) is 31.4 Å². The summed E-state index contributed by atoms with van der Waals surface area (Å²) in [7, 11) is 1.23. The van der Waals surface area contributed by atoms with Gasteiger partial charge in [-0.2, -0.15) is 13.2 Å².